The molecule has 4 unspecified atom stereocenters. The summed E-state index contributed by atoms with van der Waals surface area (Å²) in [5.41, 5.74) is 0.199. The van der Waals surface area contributed by atoms with Crippen molar-refractivity contribution in [3.8, 4) is 0 Å². The highest BCUT2D eigenvalue weighted by molar-refractivity contribution is 6.08. The highest BCUT2D eigenvalue weighted by atomic mass is 16.2. The monoisotopic (exact) mass is 288 g/mol. The first-order valence-corrected chi connectivity index (χ1v) is 7.81. The van der Waals surface area contributed by atoms with Gasteiger partial charge in [0.2, 0.25) is 0 Å². The molecule has 0 radical (unpaired) electrons. The van der Waals surface area contributed by atoms with Gasteiger partial charge in [-0.05, 0) is 20.8 Å². The lowest BCUT2D eigenvalue weighted by molar-refractivity contribution is -0.179. The van der Waals surface area contributed by atoms with Gasteiger partial charge in [0.1, 0.15) is 17.3 Å². The zero-order valence-corrected chi connectivity index (χ0v) is 13.8. The second-order valence-corrected chi connectivity index (χ2v) is 8.00. The normalized spacial score (nSPS) is 45.1. The molecule has 2 bridgehead atoms. The van der Waals surface area contributed by atoms with Crippen molar-refractivity contribution in [1.29, 1.82) is 0 Å². The van der Waals surface area contributed by atoms with Crippen molar-refractivity contribution >= 4 is 17.3 Å². The third-order valence-corrected chi connectivity index (χ3v) is 7.35. The summed E-state index contributed by atoms with van der Waals surface area (Å²) in [6.07, 6.45) is 0.633. The molecule has 0 saturated heterocycles. The van der Waals surface area contributed by atoms with Crippen molar-refractivity contribution in [2.45, 2.75) is 54.4 Å². The number of Topliss-reactive ketones (excluding diaryl/α,β-unsaturated/α-hetero) is 3. The molecule has 0 aromatic carbocycles. The van der Waals surface area contributed by atoms with Crippen molar-refractivity contribution in [3.63, 3.8) is 0 Å². The van der Waals surface area contributed by atoms with Gasteiger partial charge in [-0.1, -0.05) is 31.9 Å². The molecule has 2 saturated carbocycles. The molecule has 0 aromatic rings. The Morgan fingerprint density at radius 2 is 1.29 bits per heavy atom. The number of allylic oxidation sites excluding steroid dienone is 2. The van der Waals surface area contributed by atoms with E-state index in [0.717, 1.165) is 11.1 Å². The van der Waals surface area contributed by atoms with Crippen LogP contribution in [0.25, 0.3) is 0 Å². The maximum absolute atomic E-state index is 13.2. The number of carbonyl (C=O) groups is 3. The van der Waals surface area contributed by atoms with Crippen LogP contribution in [-0.2, 0) is 14.4 Å². The number of hydrogen-bond donors (Lipinski definition) is 0. The van der Waals surface area contributed by atoms with Gasteiger partial charge in [0.15, 0.2) is 0 Å². The van der Waals surface area contributed by atoms with Gasteiger partial charge in [-0.25, -0.2) is 0 Å². The van der Waals surface area contributed by atoms with Crippen LogP contribution >= 0.6 is 0 Å². The zero-order valence-electron chi connectivity index (χ0n) is 13.8. The minimum absolute atomic E-state index is 0.101. The summed E-state index contributed by atoms with van der Waals surface area (Å²) in [5, 5.41) is 0. The van der Waals surface area contributed by atoms with Crippen molar-refractivity contribution in [1.82, 2.24) is 0 Å². The summed E-state index contributed by atoms with van der Waals surface area (Å²) in [4.78, 5) is 38.5. The maximum atomic E-state index is 13.2. The van der Waals surface area contributed by atoms with Crippen LogP contribution in [0.4, 0.5) is 0 Å². The maximum Gasteiger partial charge on any atom is 0.149 e. The predicted octanol–water partition coefficient (Wildman–Crippen LogP) is 3.12. The van der Waals surface area contributed by atoms with Gasteiger partial charge in [-0.3, -0.25) is 14.4 Å². The fourth-order valence-corrected chi connectivity index (χ4v) is 5.54. The zero-order chi connectivity index (χ0) is 16.0. The van der Waals surface area contributed by atoms with Gasteiger partial charge in [-0.15, -0.1) is 0 Å². The van der Waals surface area contributed by atoms with Crippen LogP contribution in [0.5, 0.6) is 0 Å². The standard InChI is InChI=1S/C18H24O3/c1-9-10(2)18(6)14-12(20)8-7-11(19)13(14)17(9,5)15(21)16(18,3)4/h13-14H,7-8H2,1-6H3. The summed E-state index contributed by atoms with van der Waals surface area (Å²) >= 11 is 0. The molecule has 0 amide bonds. The lowest BCUT2D eigenvalue weighted by Gasteiger charge is -2.66. The minimum atomic E-state index is -0.802. The van der Waals surface area contributed by atoms with Gasteiger partial charge in [0.05, 0.1) is 5.41 Å². The van der Waals surface area contributed by atoms with E-state index in [-0.39, 0.29) is 23.3 Å². The minimum Gasteiger partial charge on any atom is -0.299 e. The number of ketones is 3. The summed E-state index contributed by atoms with van der Waals surface area (Å²) < 4.78 is 0. The first kappa shape index (κ1) is 14.7. The fourth-order valence-electron chi connectivity index (χ4n) is 5.54. The molecule has 0 N–H and O–H groups in total. The number of fused-ring (bicyclic) bond motifs is 1. The molecule has 0 spiro atoms. The van der Waals surface area contributed by atoms with Crippen LogP contribution in [-0.4, -0.2) is 17.3 Å². The van der Waals surface area contributed by atoms with E-state index in [4.69, 9.17) is 0 Å². The molecule has 0 heterocycles. The fraction of sp³-hybridized carbons (Fsp3) is 0.722. The molecule has 4 rings (SSSR count). The third-order valence-electron chi connectivity index (χ3n) is 7.35. The Balaban J connectivity index is 2.41. The van der Waals surface area contributed by atoms with E-state index in [1.807, 2.05) is 41.5 Å². The van der Waals surface area contributed by atoms with Crippen molar-refractivity contribution in [3.05, 3.63) is 11.1 Å². The molecule has 4 atom stereocenters. The van der Waals surface area contributed by atoms with Crippen LogP contribution in [0.3, 0.4) is 0 Å². The Morgan fingerprint density at radius 3 is 1.81 bits per heavy atom. The highest BCUT2D eigenvalue weighted by Gasteiger charge is 2.73. The topological polar surface area (TPSA) is 51.2 Å². The highest BCUT2D eigenvalue weighted by Crippen LogP contribution is 2.70. The van der Waals surface area contributed by atoms with Crippen LogP contribution in [0.1, 0.15) is 54.4 Å². The molecule has 0 aliphatic heterocycles. The van der Waals surface area contributed by atoms with Gasteiger partial charge < -0.3 is 0 Å². The van der Waals surface area contributed by atoms with Gasteiger partial charge in [0.25, 0.3) is 0 Å². The Hall–Kier alpha value is -1.25. The summed E-state index contributed by atoms with van der Waals surface area (Å²) in [7, 11) is 0. The second-order valence-electron chi connectivity index (χ2n) is 8.00. The quantitative estimate of drug-likeness (QED) is 0.643. The van der Waals surface area contributed by atoms with Gasteiger partial charge >= 0.3 is 0 Å². The molecule has 3 nitrogen and oxygen atoms in total. The lowest BCUT2D eigenvalue weighted by Crippen LogP contribution is -2.70. The molecule has 4 aliphatic rings. The number of carbonyl (C=O) groups excluding carboxylic acids is 3. The van der Waals surface area contributed by atoms with Crippen LogP contribution in [0.15, 0.2) is 11.1 Å². The van der Waals surface area contributed by atoms with Crippen molar-refractivity contribution in [2.75, 3.05) is 0 Å². The van der Waals surface area contributed by atoms with E-state index >= 15 is 0 Å². The average molecular weight is 288 g/mol. The molecule has 4 aliphatic carbocycles. The summed E-state index contributed by atoms with van der Waals surface area (Å²) in [5.74, 6) is -0.386. The molecule has 21 heavy (non-hydrogen) atoms. The van der Waals surface area contributed by atoms with Crippen LogP contribution in [0.2, 0.25) is 0 Å². The number of rotatable bonds is 0. The largest absolute Gasteiger partial charge is 0.299 e. The molecule has 114 valence electrons. The van der Waals surface area contributed by atoms with E-state index in [1.165, 1.54) is 0 Å². The van der Waals surface area contributed by atoms with Crippen molar-refractivity contribution in [2.24, 2.45) is 28.1 Å². The van der Waals surface area contributed by atoms with Crippen molar-refractivity contribution < 1.29 is 14.4 Å². The Labute approximate surface area is 126 Å². The molecular weight excluding hydrogens is 264 g/mol. The molecule has 0 aromatic heterocycles. The molecule has 3 heteroatoms. The second kappa shape index (κ2) is 3.74. The summed E-state index contributed by atoms with van der Waals surface area (Å²) in [6, 6.07) is 0. The first-order chi connectivity index (χ1) is 9.52. The average Bonchev–Trinajstić information content (AvgIpc) is 2.42. The van der Waals surface area contributed by atoms with Gasteiger partial charge in [0, 0.05) is 35.5 Å². The third kappa shape index (κ3) is 1.25. The van der Waals surface area contributed by atoms with E-state index < -0.39 is 22.2 Å². The summed E-state index contributed by atoms with van der Waals surface area (Å²) in [6.45, 7) is 11.8. The SMILES string of the molecule is CC1=C(C)C2(C)C3C(=O)CCC(=O)C3C1(C)C(=O)C2(C)C. The number of hydrogen-bond acceptors (Lipinski definition) is 3. The van der Waals surface area contributed by atoms with E-state index in [9.17, 15) is 14.4 Å². The predicted molar refractivity (Wildman–Crippen MR) is 79.6 cm³/mol. The molecular formula is C18H24O3. The molecule has 2 fully saturated rings. The van der Waals surface area contributed by atoms with E-state index in [2.05, 4.69) is 0 Å². The first-order valence-electron chi connectivity index (χ1n) is 7.81. The smallest absolute Gasteiger partial charge is 0.149 e. The van der Waals surface area contributed by atoms with Crippen LogP contribution in [0, 0.1) is 28.1 Å². The Bertz CT molecular complexity index is 624. The van der Waals surface area contributed by atoms with Crippen LogP contribution < -0.4 is 0 Å². The van der Waals surface area contributed by atoms with Gasteiger partial charge in [-0.2, -0.15) is 0 Å². The van der Waals surface area contributed by atoms with E-state index in [0.29, 0.717) is 12.8 Å². The Kier molecular flexibility index (Phi) is 2.61. The Morgan fingerprint density at radius 1 is 0.810 bits per heavy atom. The lowest BCUT2D eigenvalue weighted by atomic mass is 9.34. The van der Waals surface area contributed by atoms with E-state index in [1.54, 1.807) is 0 Å².